The van der Waals surface area contributed by atoms with Crippen molar-refractivity contribution in [3.05, 3.63) is 54.2 Å². The summed E-state index contributed by atoms with van der Waals surface area (Å²) in [6.07, 6.45) is 5.57. The zero-order valence-electron chi connectivity index (χ0n) is 15.9. The minimum Gasteiger partial charge on any atom is -0.342 e. The van der Waals surface area contributed by atoms with Gasteiger partial charge in [0.1, 0.15) is 5.03 Å². The molecule has 28 heavy (non-hydrogen) atoms. The van der Waals surface area contributed by atoms with Crippen molar-refractivity contribution in [2.24, 2.45) is 5.92 Å². The minimum atomic E-state index is 0.0569. The molecule has 2 aromatic rings. The van der Waals surface area contributed by atoms with Crippen LogP contribution in [-0.2, 0) is 4.79 Å². The fourth-order valence-corrected chi connectivity index (χ4v) is 4.68. The van der Waals surface area contributed by atoms with Crippen LogP contribution in [0.1, 0.15) is 36.0 Å². The Labute approximate surface area is 170 Å². The number of aromatic nitrogens is 1. The van der Waals surface area contributed by atoms with Crippen molar-refractivity contribution in [2.45, 2.75) is 35.6 Å². The third-order valence-electron chi connectivity index (χ3n) is 5.51. The second-order valence-corrected chi connectivity index (χ2v) is 8.49. The largest absolute Gasteiger partial charge is 0.342 e. The summed E-state index contributed by atoms with van der Waals surface area (Å²) < 4.78 is 0. The third kappa shape index (κ3) is 4.38. The van der Waals surface area contributed by atoms with E-state index < -0.39 is 0 Å². The van der Waals surface area contributed by atoms with E-state index in [1.54, 1.807) is 18.0 Å². The quantitative estimate of drug-likeness (QED) is 0.792. The molecule has 6 heteroatoms. The lowest BCUT2D eigenvalue weighted by atomic mass is 9.95. The summed E-state index contributed by atoms with van der Waals surface area (Å²) in [7, 11) is 0. The normalized spacial score (nSPS) is 17.7. The van der Waals surface area contributed by atoms with Crippen molar-refractivity contribution in [2.75, 3.05) is 26.2 Å². The van der Waals surface area contributed by atoms with Crippen LogP contribution in [0, 0.1) is 5.92 Å². The highest BCUT2D eigenvalue weighted by atomic mass is 32.2. The van der Waals surface area contributed by atoms with Gasteiger partial charge in [0.15, 0.2) is 0 Å². The molecule has 2 fully saturated rings. The molecule has 0 atom stereocenters. The summed E-state index contributed by atoms with van der Waals surface area (Å²) in [5, 5.41) is 0.936. The number of pyridine rings is 1. The molecule has 2 saturated heterocycles. The lowest BCUT2D eigenvalue weighted by molar-refractivity contribution is -0.135. The van der Waals surface area contributed by atoms with E-state index >= 15 is 0 Å². The molecule has 1 aromatic carbocycles. The van der Waals surface area contributed by atoms with Gasteiger partial charge < -0.3 is 9.80 Å². The van der Waals surface area contributed by atoms with E-state index in [2.05, 4.69) is 4.98 Å². The van der Waals surface area contributed by atoms with Crippen LogP contribution in [0.15, 0.2) is 58.6 Å². The van der Waals surface area contributed by atoms with Gasteiger partial charge in [-0.25, -0.2) is 4.98 Å². The van der Waals surface area contributed by atoms with Gasteiger partial charge in [0.05, 0.1) is 0 Å². The summed E-state index contributed by atoms with van der Waals surface area (Å²) in [6.45, 7) is 3.13. The van der Waals surface area contributed by atoms with Gasteiger partial charge in [-0.15, -0.1) is 0 Å². The summed E-state index contributed by atoms with van der Waals surface area (Å²) >= 11 is 1.58. The second kappa shape index (κ2) is 8.78. The van der Waals surface area contributed by atoms with E-state index in [1.807, 2.05) is 52.3 Å². The zero-order valence-corrected chi connectivity index (χ0v) is 16.7. The highest BCUT2D eigenvalue weighted by molar-refractivity contribution is 7.99. The Bertz CT molecular complexity index is 811. The van der Waals surface area contributed by atoms with Gasteiger partial charge in [-0.05, 0) is 62.1 Å². The molecule has 2 aliphatic heterocycles. The monoisotopic (exact) mass is 395 g/mol. The number of carbonyl (C=O) groups excluding carboxylic acids is 2. The molecule has 4 rings (SSSR count). The maximum atomic E-state index is 12.8. The topological polar surface area (TPSA) is 53.5 Å². The zero-order chi connectivity index (χ0) is 19.3. The maximum absolute atomic E-state index is 12.8. The Morgan fingerprint density at radius 2 is 1.61 bits per heavy atom. The molecule has 146 valence electrons. The number of rotatable bonds is 4. The third-order valence-corrected chi connectivity index (χ3v) is 6.47. The Morgan fingerprint density at radius 1 is 0.893 bits per heavy atom. The Hall–Kier alpha value is -2.34. The molecule has 0 unspecified atom stereocenters. The van der Waals surface area contributed by atoms with Crippen LogP contribution in [-0.4, -0.2) is 52.8 Å². The van der Waals surface area contributed by atoms with Gasteiger partial charge >= 0.3 is 0 Å². The highest BCUT2D eigenvalue weighted by Gasteiger charge is 2.31. The molecule has 2 amide bonds. The van der Waals surface area contributed by atoms with Crippen molar-refractivity contribution in [3.8, 4) is 0 Å². The Morgan fingerprint density at radius 3 is 2.25 bits per heavy atom. The van der Waals surface area contributed by atoms with Crippen LogP contribution in [0.4, 0.5) is 0 Å². The maximum Gasteiger partial charge on any atom is 0.253 e. The molecule has 1 aromatic heterocycles. The first kappa shape index (κ1) is 19.0. The smallest absolute Gasteiger partial charge is 0.253 e. The van der Waals surface area contributed by atoms with Crippen LogP contribution in [0.5, 0.6) is 0 Å². The van der Waals surface area contributed by atoms with Gasteiger partial charge in [-0.3, -0.25) is 9.59 Å². The Kier molecular flexibility index (Phi) is 5.95. The molecule has 2 aliphatic rings. The number of amides is 2. The standard InChI is InChI=1S/C22H25N3O2S/c26-21(17-6-8-19(9-7-17)28-20-5-1-2-12-23-20)25-15-10-18(11-16-25)22(27)24-13-3-4-14-24/h1-2,5-9,12,18H,3-4,10-11,13-16H2. The lowest BCUT2D eigenvalue weighted by Gasteiger charge is -2.33. The van der Waals surface area contributed by atoms with Crippen molar-refractivity contribution < 1.29 is 9.59 Å². The van der Waals surface area contributed by atoms with Crippen LogP contribution < -0.4 is 0 Å². The van der Waals surface area contributed by atoms with E-state index in [0.717, 1.165) is 48.7 Å². The summed E-state index contributed by atoms with van der Waals surface area (Å²) in [4.78, 5) is 34.6. The van der Waals surface area contributed by atoms with Crippen molar-refractivity contribution >= 4 is 23.6 Å². The first-order chi connectivity index (χ1) is 13.7. The second-order valence-electron chi connectivity index (χ2n) is 7.39. The molecule has 0 N–H and O–H groups in total. The number of hydrogen-bond donors (Lipinski definition) is 0. The van der Waals surface area contributed by atoms with E-state index in [9.17, 15) is 9.59 Å². The number of piperidine rings is 1. The number of nitrogens with zero attached hydrogens (tertiary/aromatic N) is 3. The molecule has 0 radical (unpaired) electrons. The van der Waals surface area contributed by atoms with E-state index in [1.165, 1.54) is 0 Å². The number of hydrogen-bond acceptors (Lipinski definition) is 4. The fourth-order valence-electron chi connectivity index (χ4n) is 3.90. The molecule has 0 aliphatic carbocycles. The Balaban J connectivity index is 1.31. The van der Waals surface area contributed by atoms with Gasteiger partial charge in [0, 0.05) is 48.8 Å². The summed E-state index contributed by atoms with van der Waals surface area (Å²) in [6, 6.07) is 13.5. The average Bonchev–Trinajstić information content (AvgIpc) is 3.29. The number of carbonyl (C=O) groups is 2. The average molecular weight is 396 g/mol. The van der Waals surface area contributed by atoms with Crippen molar-refractivity contribution in [1.29, 1.82) is 0 Å². The van der Waals surface area contributed by atoms with E-state index in [-0.39, 0.29) is 11.8 Å². The number of benzene rings is 1. The summed E-state index contributed by atoms with van der Waals surface area (Å²) in [5.74, 6) is 0.432. The molecule has 0 bridgehead atoms. The van der Waals surface area contributed by atoms with Gasteiger partial charge in [0.2, 0.25) is 5.91 Å². The van der Waals surface area contributed by atoms with Crippen LogP contribution in [0.2, 0.25) is 0 Å². The molecule has 3 heterocycles. The predicted octanol–water partition coefficient (Wildman–Crippen LogP) is 3.71. The first-order valence-electron chi connectivity index (χ1n) is 9.98. The van der Waals surface area contributed by atoms with E-state index in [0.29, 0.717) is 24.6 Å². The molecular formula is C22H25N3O2S. The highest BCUT2D eigenvalue weighted by Crippen LogP contribution is 2.27. The van der Waals surface area contributed by atoms with Crippen molar-refractivity contribution in [3.63, 3.8) is 0 Å². The van der Waals surface area contributed by atoms with Crippen LogP contribution in [0.25, 0.3) is 0 Å². The molecule has 0 saturated carbocycles. The first-order valence-corrected chi connectivity index (χ1v) is 10.8. The number of likely N-dealkylation sites (tertiary alicyclic amines) is 2. The molecular weight excluding hydrogens is 370 g/mol. The van der Waals surface area contributed by atoms with Crippen LogP contribution >= 0.6 is 11.8 Å². The van der Waals surface area contributed by atoms with Gasteiger partial charge in [0.25, 0.3) is 5.91 Å². The van der Waals surface area contributed by atoms with E-state index in [4.69, 9.17) is 0 Å². The fraction of sp³-hybridized carbons (Fsp3) is 0.409. The van der Waals surface area contributed by atoms with Gasteiger partial charge in [-0.1, -0.05) is 17.8 Å². The summed E-state index contributed by atoms with van der Waals surface area (Å²) in [5.41, 5.74) is 0.703. The minimum absolute atomic E-state index is 0.0569. The SMILES string of the molecule is O=C(c1ccc(Sc2ccccn2)cc1)N1CCC(C(=O)N2CCCC2)CC1. The molecule has 5 nitrogen and oxygen atoms in total. The lowest BCUT2D eigenvalue weighted by Crippen LogP contribution is -2.43. The predicted molar refractivity (Wildman–Crippen MR) is 109 cm³/mol. The van der Waals surface area contributed by atoms with Crippen LogP contribution in [0.3, 0.4) is 0 Å². The van der Waals surface area contributed by atoms with Crippen molar-refractivity contribution in [1.82, 2.24) is 14.8 Å². The van der Waals surface area contributed by atoms with Gasteiger partial charge in [-0.2, -0.15) is 0 Å². The molecule has 0 spiro atoms.